The van der Waals surface area contributed by atoms with Crippen molar-refractivity contribution in [1.82, 2.24) is 4.57 Å². The summed E-state index contributed by atoms with van der Waals surface area (Å²) in [5, 5.41) is 0.295. The number of aryl methyl sites for hydroxylation is 1. The molecule has 1 aromatic heterocycles. The molecule has 0 unspecified atom stereocenters. The standard InChI is InChI=1S/C11H12ClN3O2S/c1-15-5-4-9(7-15)18(16,17)14-11-6-8(13)2-3-10(11)12/h2-7,14H,13H2,1H3. The zero-order chi connectivity index (χ0) is 13.3. The number of nitrogens with one attached hydrogen (secondary N) is 1. The molecule has 1 aromatic carbocycles. The summed E-state index contributed by atoms with van der Waals surface area (Å²) in [6, 6.07) is 6.12. The minimum absolute atomic E-state index is 0.170. The van der Waals surface area contributed by atoms with Gasteiger partial charge in [-0.05, 0) is 24.3 Å². The van der Waals surface area contributed by atoms with Gasteiger partial charge in [-0.1, -0.05) is 11.6 Å². The third-order valence-electron chi connectivity index (χ3n) is 2.35. The Morgan fingerprint density at radius 1 is 1.33 bits per heavy atom. The number of nitrogen functional groups attached to an aromatic ring is 1. The minimum Gasteiger partial charge on any atom is -0.399 e. The molecular weight excluding hydrogens is 274 g/mol. The van der Waals surface area contributed by atoms with Gasteiger partial charge in [0, 0.05) is 25.1 Å². The van der Waals surface area contributed by atoms with Crippen LogP contribution in [0.5, 0.6) is 0 Å². The number of rotatable bonds is 3. The molecular formula is C11H12ClN3O2S. The zero-order valence-corrected chi connectivity index (χ0v) is 11.2. The van der Waals surface area contributed by atoms with Crippen molar-refractivity contribution in [2.75, 3.05) is 10.5 Å². The third kappa shape index (κ3) is 2.60. The van der Waals surface area contributed by atoms with Gasteiger partial charge in [0.25, 0.3) is 10.0 Å². The monoisotopic (exact) mass is 285 g/mol. The molecule has 1 heterocycles. The number of hydrogen-bond donors (Lipinski definition) is 2. The Morgan fingerprint density at radius 3 is 2.67 bits per heavy atom. The van der Waals surface area contributed by atoms with Crippen molar-refractivity contribution in [3.8, 4) is 0 Å². The van der Waals surface area contributed by atoms with Crippen LogP contribution in [-0.4, -0.2) is 13.0 Å². The van der Waals surface area contributed by atoms with Crippen LogP contribution in [0.4, 0.5) is 11.4 Å². The molecule has 0 aliphatic rings. The molecule has 0 radical (unpaired) electrons. The second-order valence-electron chi connectivity index (χ2n) is 3.86. The second kappa shape index (κ2) is 4.55. The van der Waals surface area contributed by atoms with Crippen LogP contribution in [0.15, 0.2) is 41.6 Å². The lowest BCUT2D eigenvalue weighted by atomic mass is 10.3. The highest BCUT2D eigenvalue weighted by Gasteiger charge is 2.16. The van der Waals surface area contributed by atoms with Gasteiger partial charge in [0.2, 0.25) is 0 Å². The summed E-state index contributed by atoms with van der Waals surface area (Å²) in [7, 11) is -1.90. The molecule has 7 heteroatoms. The van der Waals surface area contributed by atoms with Crippen LogP contribution < -0.4 is 10.5 Å². The van der Waals surface area contributed by atoms with E-state index in [9.17, 15) is 8.42 Å². The maximum absolute atomic E-state index is 12.1. The minimum atomic E-state index is -3.64. The Labute approximate surface area is 110 Å². The largest absolute Gasteiger partial charge is 0.399 e. The Hall–Kier alpha value is -1.66. The smallest absolute Gasteiger partial charge is 0.263 e. The number of sulfonamides is 1. The van der Waals surface area contributed by atoms with Gasteiger partial charge in [0.15, 0.2) is 0 Å². The van der Waals surface area contributed by atoms with E-state index < -0.39 is 10.0 Å². The molecule has 0 spiro atoms. The Bertz CT molecular complexity index is 679. The first-order valence-electron chi connectivity index (χ1n) is 5.08. The molecule has 0 aliphatic heterocycles. The summed E-state index contributed by atoms with van der Waals surface area (Å²) in [6.07, 6.45) is 3.15. The first-order valence-corrected chi connectivity index (χ1v) is 6.94. The van der Waals surface area contributed by atoms with Crippen molar-refractivity contribution >= 4 is 33.0 Å². The number of nitrogens with zero attached hydrogens (tertiary/aromatic N) is 1. The average molecular weight is 286 g/mol. The van der Waals surface area contributed by atoms with Crippen LogP contribution in [0.1, 0.15) is 0 Å². The van der Waals surface area contributed by atoms with Crippen molar-refractivity contribution in [1.29, 1.82) is 0 Å². The maximum atomic E-state index is 12.1. The van der Waals surface area contributed by atoms with Gasteiger partial charge < -0.3 is 10.3 Å². The fourth-order valence-electron chi connectivity index (χ4n) is 1.46. The van der Waals surface area contributed by atoms with Crippen molar-refractivity contribution in [2.45, 2.75) is 4.90 Å². The van der Waals surface area contributed by atoms with Gasteiger partial charge in [-0.15, -0.1) is 0 Å². The van der Waals surface area contributed by atoms with Gasteiger partial charge in [-0.3, -0.25) is 4.72 Å². The van der Waals surface area contributed by atoms with E-state index in [1.54, 1.807) is 29.9 Å². The molecule has 0 aliphatic carbocycles. The van der Waals surface area contributed by atoms with Crippen LogP contribution >= 0.6 is 11.6 Å². The first-order chi connectivity index (χ1) is 8.38. The molecule has 18 heavy (non-hydrogen) atoms. The van der Waals surface area contributed by atoms with Crippen molar-refractivity contribution in [3.05, 3.63) is 41.7 Å². The summed E-state index contributed by atoms with van der Waals surface area (Å²) in [5.41, 5.74) is 6.29. The van der Waals surface area contributed by atoms with Crippen LogP contribution in [0.2, 0.25) is 5.02 Å². The number of benzene rings is 1. The molecule has 0 saturated carbocycles. The normalized spacial score (nSPS) is 11.4. The number of halogens is 1. The molecule has 0 bridgehead atoms. The molecule has 5 nitrogen and oxygen atoms in total. The maximum Gasteiger partial charge on any atom is 0.263 e. The van der Waals surface area contributed by atoms with Gasteiger partial charge >= 0.3 is 0 Å². The summed E-state index contributed by atoms with van der Waals surface area (Å²) < 4.78 is 28.2. The SMILES string of the molecule is Cn1ccc(S(=O)(=O)Nc2cc(N)ccc2Cl)c1. The predicted octanol–water partition coefficient (Wildman–Crippen LogP) is 2.06. The predicted molar refractivity (Wildman–Crippen MR) is 72.1 cm³/mol. The van der Waals surface area contributed by atoms with Crippen LogP contribution in [0.3, 0.4) is 0 Å². The van der Waals surface area contributed by atoms with Crippen molar-refractivity contribution in [3.63, 3.8) is 0 Å². The van der Waals surface area contributed by atoms with Crippen molar-refractivity contribution < 1.29 is 8.42 Å². The second-order valence-corrected chi connectivity index (χ2v) is 5.95. The first kappa shape index (κ1) is 12.8. The molecule has 0 amide bonds. The number of aromatic nitrogens is 1. The zero-order valence-electron chi connectivity index (χ0n) is 9.59. The van der Waals surface area contributed by atoms with E-state index in [2.05, 4.69) is 4.72 Å². The van der Waals surface area contributed by atoms with Crippen LogP contribution in [-0.2, 0) is 17.1 Å². The quantitative estimate of drug-likeness (QED) is 0.848. The van der Waals surface area contributed by atoms with Crippen molar-refractivity contribution in [2.24, 2.45) is 7.05 Å². The molecule has 0 atom stereocenters. The van der Waals surface area contributed by atoms with Gasteiger partial charge in [-0.2, -0.15) is 0 Å². The van der Waals surface area contributed by atoms with E-state index in [0.717, 1.165) is 0 Å². The number of hydrogen-bond acceptors (Lipinski definition) is 3. The Morgan fingerprint density at radius 2 is 2.06 bits per heavy atom. The molecule has 3 N–H and O–H groups in total. The Kier molecular flexibility index (Phi) is 3.23. The topological polar surface area (TPSA) is 77.1 Å². The molecule has 96 valence electrons. The Balaban J connectivity index is 2.36. The van der Waals surface area contributed by atoms with E-state index in [1.165, 1.54) is 18.3 Å². The van der Waals surface area contributed by atoms with Crippen LogP contribution in [0.25, 0.3) is 0 Å². The lowest BCUT2D eigenvalue weighted by Gasteiger charge is -2.09. The van der Waals surface area contributed by atoms with Crippen LogP contribution in [0, 0.1) is 0 Å². The fourth-order valence-corrected chi connectivity index (χ4v) is 2.80. The van der Waals surface area contributed by atoms with Gasteiger partial charge in [0.05, 0.1) is 10.7 Å². The fraction of sp³-hybridized carbons (Fsp3) is 0.0909. The summed E-state index contributed by atoms with van der Waals surface area (Å²) >= 11 is 5.91. The molecule has 2 rings (SSSR count). The lowest BCUT2D eigenvalue weighted by Crippen LogP contribution is -2.12. The highest BCUT2D eigenvalue weighted by Crippen LogP contribution is 2.26. The summed E-state index contributed by atoms with van der Waals surface area (Å²) in [4.78, 5) is 0.170. The highest BCUT2D eigenvalue weighted by atomic mass is 35.5. The van der Waals surface area contributed by atoms with E-state index in [-0.39, 0.29) is 10.6 Å². The van der Waals surface area contributed by atoms with E-state index >= 15 is 0 Å². The average Bonchev–Trinajstić information content (AvgIpc) is 2.71. The number of nitrogens with two attached hydrogens (primary N) is 1. The molecule has 2 aromatic rings. The van der Waals surface area contributed by atoms with E-state index in [4.69, 9.17) is 17.3 Å². The summed E-state index contributed by atoms with van der Waals surface area (Å²) in [5.74, 6) is 0. The third-order valence-corrected chi connectivity index (χ3v) is 4.03. The summed E-state index contributed by atoms with van der Waals surface area (Å²) in [6.45, 7) is 0. The van der Waals surface area contributed by atoms with Gasteiger partial charge in [0.1, 0.15) is 4.90 Å². The molecule has 0 saturated heterocycles. The van der Waals surface area contributed by atoms with Gasteiger partial charge in [-0.25, -0.2) is 8.42 Å². The number of anilines is 2. The van der Waals surface area contributed by atoms with E-state index in [0.29, 0.717) is 10.7 Å². The van der Waals surface area contributed by atoms with E-state index in [1.807, 2.05) is 0 Å². The molecule has 0 fully saturated rings. The lowest BCUT2D eigenvalue weighted by molar-refractivity contribution is 0.601. The highest BCUT2D eigenvalue weighted by molar-refractivity contribution is 7.92.